The third-order valence-electron chi connectivity index (χ3n) is 5.14. The predicted octanol–water partition coefficient (Wildman–Crippen LogP) is 10.2. The number of ether oxygens (including phenoxy) is 1. The molecule has 1 aliphatic rings. The minimum absolute atomic E-state index is 0.302. The zero-order valence-electron chi connectivity index (χ0n) is 23.9. The predicted molar refractivity (Wildman–Crippen MR) is 155 cm³/mol. The number of aliphatic imine (C=N–C) groups is 1. The van der Waals surface area contributed by atoms with Gasteiger partial charge in [-0.2, -0.15) is 0 Å². The first-order chi connectivity index (χ1) is 16.4. The van der Waals surface area contributed by atoms with Gasteiger partial charge < -0.3 is 4.74 Å². The summed E-state index contributed by atoms with van der Waals surface area (Å²) in [4.78, 5) is 14.8. The van der Waals surface area contributed by atoms with E-state index in [0.717, 1.165) is 30.9 Å². The van der Waals surface area contributed by atoms with E-state index in [4.69, 9.17) is 0 Å². The molecular weight excluding hydrogens is 418 g/mol. The van der Waals surface area contributed by atoms with Crippen molar-refractivity contribution in [1.82, 2.24) is 0 Å². The zero-order chi connectivity index (χ0) is 26.6. The van der Waals surface area contributed by atoms with Crippen molar-refractivity contribution in [3.05, 3.63) is 54.6 Å². The summed E-state index contributed by atoms with van der Waals surface area (Å²) in [5, 5.41) is 0. The van der Waals surface area contributed by atoms with Crippen molar-refractivity contribution >= 4 is 17.9 Å². The molecule has 0 bridgehead atoms. The van der Waals surface area contributed by atoms with E-state index in [9.17, 15) is 4.79 Å². The molecule has 0 aliphatic carbocycles. The second-order valence-corrected chi connectivity index (χ2v) is 7.95. The Labute approximate surface area is 212 Å². The number of methoxy groups -OCH3 is 1. The summed E-state index contributed by atoms with van der Waals surface area (Å²) in [6.07, 6.45) is 16.7. The molecule has 0 N–H and O–H groups in total. The number of allylic oxidation sites excluding steroid dienone is 2. The number of carbonyl (C=O) groups excluding carboxylic acids is 1. The summed E-state index contributed by atoms with van der Waals surface area (Å²) in [5.74, 6) is 1.21. The number of fused-ring (bicyclic) bond motifs is 1. The first kappa shape index (κ1) is 36.4. The van der Waals surface area contributed by atoms with Gasteiger partial charge in [0.15, 0.2) is 0 Å². The molecule has 1 aliphatic heterocycles. The van der Waals surface area contributed by atoms with E-state index < -0.39 is 0 Å². The third kappa shape index (κ3) is 21.7. The average molecular weight is 474 g/mol. The Morgan fingerprint density at radius 3 is 2.12 bits per heavy atom. The normalized spacial score (nSPS) is 13.4. The molecule has 34 heavy (non-hydrogen) atoms. The fourth-order valence-electron chi connectivity index (χ4n) is 2.65. The molecular formula is C31H55NO2. The topological polar surface area (TPSA) is 38.7 Å². The third-order valence-corrected chi connectivity index (χ3v) is 5.14. The van der Waals surface area contributed by atoms with Crippen molar-refractivity contribution < 1.29 is 9.53 Å². The lowest BCUT2D eigenvalue weighted by atomic mass is 9.99. The van der Waals surface area contributed by atoms with Crippen molar-refractivity contribution in [2.45, 2.75) is 113 Å². The van der Waals surface area contributed by atoms with Gasteiger partial charge in [0.25, 0.3) is 0 Å². The van der Waals surface area contributed by atoms with Gasteiger partial charge >= 0.3 is 5.97 Å². The van der Waals surface area contributed by atoms with Gasteiger partial charge in [0.1, 0.15) is 0 Å². The van der Waals surface area contributed by atoms with E-state index in [-0.39, 0.29) is 5.97 Å². The summed E-state index contributed by atoms with van der Waals surface area (Å²) < 4.78 is 4.38. The van der Waals surface area contributed by atoms with Crippen LogP contribution in [0, 0.1) is 5.92 Å². The van der Waals surface area contributed by atoms with E-state index in [1.807, 2.05) is 32.2 Å². The Morgan fingerprint density at radius 1 is 1.06 bits per heavy atom. The van der Waals surface area contributed by atoms with Gasteiger partial charge in [-0.25, -0.2) is 4.79 Å². The number of hydrogen-bond acceptors (Lipinski definition) is 3. The summed E-state index contributed by atoms with van der Waals surface area (Å²) in [5.41, 5.74) is 2.54. The molecule has 1 heterocycles. The van der Waals surface area contributed by atoms with Crippen molar-refractivity contribution in [3.8, 4) is 0 Å². The highest BCUT2D eigenvalue weighted by atomic mass is 16.5. The summed E-state index contributed by atoms with van der Waals surface area (Å²) in [6.45, 7) is 20.9. The van der Waals surface area contributed by atoms with Crippen LogP contribution in [-0.2, 0) is 9.53 Å². The molecule has 0 amide bonds. The Hall–Kier alpha value is -2.16. The van der Waals surface area contributed by atoms with E-state index in [0.29, 0.717) is 5.92 Å². The van der Waals surface area contributed by atoms with Crippen LogP contribution in [-0.4, -0.2) is 19.3 Å². The van der Waals surface area contributed by atoms with Gasteiger partial charge in [0.2, 0.25) is 0 Å². The van der Waals surface area contributed by atoms with Crippen LogP contribution in [0.3, 0.4) is 0 Å². The molecule has 0 aromatic heterocycles. The maximum absolute atomic E-state index is 10.4. The highest BCUT2D eigenvalue weighted by molar-refractivity contribution is 5.81. The van der Waals surface area contributed by atoms with Gasteiger partial charge in [-0.3, -0.25) is 4.99 Å². The number of carbonyl (C=O) groups is 1. The van der Waals surface area contributed by atoms with Crippen LogP contribution in [0.2, 0.25) is 0 Å². The maximum Gasteiger partial charge on any atom is 0.330 e. The number of hydrogen-bond donors (Lipinski definition) is 0. The second-order valence-electron chi connectivity index (χ2n) is 7.95. The number of para-hydroxylation sites is 1. The number of rotatable bonds is 9. The largest absolute Gasteiger partial charge is 0.466 e. The first-order valence-corrected chi connectivity index (χ1v) is 13.4. The molecule has 3 heteroatoms. The van der Waals surface area contributed by atoms with Gasteiger partial charge in [-0.05, 0) is 36.8 Å². The molecule has 1 aromatic carbocycles. The second kappa shape index (κ2) is 28.9. The average Bonchev–Trinajstić information content (AvgIpc) is 3.32. The van der Waals surface area contributed by atoms with E-state index in [1.165, 1.54) is 50.9 Å². The minimum atomic E-state index is -0.302. The van der Waals surface area contributed by atoms with E-state index >= 15 is 0 Å². The molecule has 0 fully saturated rings. The van der Waals surface area contributed by atoms with Crippen LogP contribution in [0.5, 0.6) is 0 Å². The van der Waals surface area contributed by atoms with Crippen LogP contribution in [0.15, 0.2) is 54.1 Å². The molecule has 1 aromatic rings. The molecule has 0 radical (unpaired) electrons. The van der Waals surface area contributed by atoms with Crippen molar-refractivity contribution in [2.24, 2.45) is 10.9 Å². The van der Waals surface area contributed by atoms with Crippen LogP contribution in [0.1, 0.15) is 118 Å². The highest BCUT2D eigenvalue weighted by Crippen LogP contribution is 2.32. The Kier molecular flexibility index (Phi) is 30.9. The molecule has 0 saturated carbocycles. The molecule has 2 rings (SSSR count). The monoisotopic (exact) mass is 473 g/mol. The quantitative estimate of drug-likeness (QED) is 0.155. The smallest absolute Gasteiger partial charge is 0.330 e. The zero-order valence-corrected chi connectivity index (χ0v) is 23.9. The molecule has 3 nitrogen and oxygen atoms in total. The van der Waals surface area contributed by atoms with Gasteiger partial charge in [-0.1, -0.05) is 118 Å². The number of benzene rings is 1. The van der Waals surface area contributed by atoms with Gasteiger partial charge in [0, 0.05) is 18.2 Å². The van der Waals surface area contributed by atoms with E-state index in [1.54, 1.807) is 6.08 Å². The fraction of sp³-hybridized carbons (Fsp3) is 0.613. The van der Waals surface area contributed by atoms with Crippen molar-refractivity contribution in [3.63, 3.8) is 0 Å². The van der Waals surface area contributed by atoms with Crippen molar-refractivity contribution in [1.29, 1.82) is 0 Å². The molecule has 0 spiro atoms. The van der Waals surface area contributed by atoms with Gasteiger partial charge in [-0.15, -0.1) is 6.58 Å². The van der Waals surface area contributed by atoms with Crippen LogP contribution < -0.4 is 0 Å². The summed E-state index contributed by atoms with van der Waals surface area (Å²) in [7, 11) is 1.36. The molecule has 2 atom stereocenters. The van der Waals surface area contributed by atoms with Crippen LogP contribution >= 0.6 is 0 Å². The first-order valence-electron chi connectivity index (χ1n) is 13.4. The lowest BCUT2D eigenvalue weighted by Gasteiger charge is -2.03. The Morgan fingerprint density at radius 2 is 1.68 bits per heavy atom. The highest BCUT2D eigenvalue weighted by Gasteiger charge is 2.15. The minimum Gasteiger partial charge on any atom is -0.466 e. The summed E-state index contributed by atoms with van der Waals surface area (Å²) >= 11 is 0. The molecule has 0 saturated heterocycles. The lowest BCUT2D eigenvalue weighted by Crippen LogP contribution is -1.92. The maximum atomic E-state index is 10.4. The summed E-state index contributed by atoms with van der Waals surface area (Å²) in [6, 6.07) is 8.35. The number of unbranched alkanes of at least 4 members (excludes halogenated alkanes) is 2. The van der Waals surface area contributed by atoms with Crippen molar-refractivity contribution in [2.75, 3.05) is 7.11 Å². The number of nitrogens with zero attached hydrogens (tertiary/aromatic N) is 1. The van der Waals surface area contributed by atoms with Crippen LogP contribution in [0.25, 0.3) is 0 Å². The Balaban J connectivity index is -0.000000388. The van der Waals surface area contributed by atoms with Gasteiger partial charge in [0.05, 0.1) is 12.8 Å². The Bertz CT molecular complexity index is 632. The molecule has 2 unspecified atom stereocenters. The SMILES string of the molecule is C=CCC/C=C/C(=O)OC.CC.CCC1C=Nc2ccccc21.CCCC.CCCC(C)CC. The number of esters is 1. The van der Waals surface area contributed by atoms with Crippen LogP contribution in [0.4, 0.5) is 5.69 Å². The fourth-order valence-corrected chi connectivity index (χ4v) is 2.65. The molecule has 196 valence electrons. The van der Waals surface area contributed by atoms with E-state index in [2.05, 4.69) is 76.0 Å². The standard InChI is InChI=1S/C10H11N.C8H12O2.C7H16.C4H10.C2H6/c1-2-8-7-11-10-6-4-3-5-9(8)10;1-3-4-5-6-7-8(9)10-2;1-4-6-7(3)5-2;1-3-4-2;1-2/h3-8H,2H2,1H3;3,6-7H,1,4-5H2,2H3;7H,4-6H2,1-3H3;3-4H2,1-2H3;1-2H3/b;7-6+;;;. The lowest BCUT2D eigenvalue weighted by molar-refractivity contribution is -0.134.